The number of nitrogens with two attached hydrogens (primary N) is 1. The summed E-state index contributed by atoms with van der Waals surface area (Å²) in [5.41, 5.74) is 4.45. The fourth-order valence-corrected chi connectivity index (χ4v) is 3.41. The van der Waals surface area contributed by atoms with E-state index < -0.39 is 31.7 Å². The van der Waals surface area contributed by atoms with Crippen LogP contribution in [-0.2, 0) is 10.0 Å². The van der Waals surface area contributed by atoms with Crippen molar-refractivity contribution in [3.63, 3.8) is 0 Å². The van der Waals surface area contributed by atoms with Gasteiger partial charge in [-0.25, -0.2) is 8.78 Å². The fourth-order valence-electron chi connectivity index (χ4n) is 1.15. The molecular formula is C8H5BrF2N4O2S2. The first kappa shape index (κ1) is 14.1. The van der Waals surface area contributed by atoms with E-state index in [9.17, 15) is 17.2 Å². The molecule has 0 aliphatic carbocycles. The lowest BCUT2D eigenvalue weighted by atomic mass is 10.3. The lowest BCUT2D eigenvalue weighted by Gasteiger charge is -2.07. The van der Waals surface area contributed by atoms with Gasteiger partial charge in [0.05, 0.1) is 0 Å². The summed E-state index contributed by atoms with van der Waals surface area (Å²) in [6.07, 6.45) is 0. The highest BCUT2D eigenvalue weighted by Crippen LogP contribution is 2.27. The summed E-state index contributed by atoms with van der Waals surface area (Å²) in [5, 5.41) is 6.54. The van der Waals surface area contributed by atoms with Crippen LogP contribution in [0, 0.1) is 11.6 Å². The van der Waals surface area contributed by atoms with Crippen molar-refractivity contribution >= 4 is 48.1 Å². The van der Waals surface area contributed by atoms with E-state index in [2.05, 4.69) is 26.1 Å². The third-order valence-corrected chi connectivity index (χ3v) is 4.82. The van der Waals surface area contributed by atoms with E-state index in [4.69, 9.17) is 5.73 Å². The molecule has 0 saturated heterocycles. The topological polar surface area (TPSA) is 98.0 Å². The van der Waals surface area contributed by atoms with Crippen molar-refractivity contribution in [3.8, 4) is 0 Å². The molecule has 1 aromatic carbocycles. The van der Waals surface area contributed by atoms with Crippen LogP contribution in [0.3, 0.4) is 0 Å². The number of anilines is 2. The summed E-state index contributed by atoms with van der Waals surface area (Å²) in [6.45, 7) is 0. The van der Waals surface area contributed by atoms with E-state index in [-0.39, 0.29) is 9.60 Å². The van der Waals surface area contributed by atoms with Gasteiger partial charge < -0.3 is 5.73 Å². The van der Waals surface area contributed by atoms with Gasteiger partial charge >= 0.3 is 0 Å². The van der Waals surface area contributed by atoms with Gasteiger partial charge in [-0.05, 0) is 12.1 Å². The number of rotatable bonds is 3. The minimum absolute atomic E-state index is 0.0721. The second-order valence-corrected chi connectivity index (χ2v) is 7.04. The largest absolute Gasteiger partial charge is 0.374 e. The number of halogens is 3. The summed E-state index contributed by atoms with van der Waals surface area (Å²) in [7, 11) is -4.23. The van der Waals surface area contributed by atoms with E-state index in [0.717, 1.165) is 12.1 Å². The minimum Gasteiger partial charge on any atom is -0.374 e. The van der Waals surface area contributed by atoms with Crippen LogP contribution in [0.1, 0.15) is 0 Å². The van der Waals surface area contributed by atoms with Crippen molar-refractivity contribution in [2.24, 2.45) is 0 Å². The third kappa shape index (κ3) is 2.98. The van der Waals surface area contributed by atoms with Crippen LogP contribution in [-0.4, -0.2) is 18.6 Å². The molecule has 0 aliphatic heterocycles. The molecule has 3 N–H and O–H groups in total. The molecule has 0 atom stereocenters. The van der Waals surface area contributed by atoms with Crippen LogP contribution in [0.5, 0.6) is 0 Å². The number of aromatic nitrogens is 2. The van der Waals surface area contributed by atoms with Crippen LogP contribution < -0.4 is 10.5 Å². The highest BCUT2D eigenvalue weighted by atomic mass is 79.9. The average molecular weight is 371 g/mol. The molecule has 0 spiro atoms. The molecule has 0 radical (unpaired) electrons. The van der Waals surface area contributed by atoms with Crippen molar-refractivity contribution in [1.29, 1.82) is 0 Å². The average Bonchev–Trinajstić information content (AvgIpc) is 2.71. The number of nitrogens with zero attached hydrogens (tertiary/aromatic N) is 2. The maximum Gasteiger partial charge on any atom is 0.291 e. The third-order valence-electron chi connectivity index (χ3n) is 1.90. The van der Waals surface area contributed by atoms with E-state index in [1.54, 1.807) is 4.72 Å². The quantitative estimate of drug-likeness (QED) is 0.860. The summed E-state index contributed by atoms with van der Waals surface area (Å²) in [4.78, 5) is 0. The van der Waals surface area contributed by atoms with Gasteiger partial charge in [-0.3, -0.25) is 4.72 Å². The van der Waals surface area contributed by atoms with Crippen molar-refractivity contribution in [2.45, 2.75) is 4.34 Å². The number of hydrogen-bond acceptors (Lipinski definition) is 6. The van der Waals surface area contributed by atoms with Gasteiger partial charge in [0.15, 0.2) is 11.6 Å². The number of hydrogen-bond donors (Lipinski definition) is 2. The molecule has 11 heteroatoms. The molecule has 2 aromatic rings. The number of benzene rings is 1. The summed E-state index contributed by atoms with van der Waals surface area (Å²) in [5.74, 6) is -2.12. The van der Waals surface area contributed by atoms with Gasteiger partial charge in [-0.1, -0.05) is 27.3 Å². The molecule has 19 heavy (non-hydrogen) atoms. The first-order valence-corrected chi connectivity index (χ1v) is 7.65. The Hall–Kier alpha value is -1.33. The molecule has 102 valence electrons. The molecule has 0 amide bonds. The van der Waals surface area contributed by atoms with Gasteiger partial charge in [0, 0.05) is 4.47 Å². The Labute approximate surface area is 118 Å². The van der Waals surface area contributed by atoms with Crippen LogP contribution in [0.25, 0.3) is 0 Å². The molecule has 0 fully saturated rings. The Morgan fingerprint density at radius 3 is 2.32 bits per heavy atom. The summed E-state index contributed by atoms with van der Waals surface area (Å²) < 4.78 is 52.0. The standard InChI is InChI=1S/C8H5BrF2N4O2S2/c9-3-1-4(10)6(5(11)2-3)15-19(16,17)8-14-13-7(12)18-8/h1-2,15H,(H2,12,13). The molecule has 0 saturated carbocycles. The first-order valence-electron chi connectivity index (χ1n) is 4.56. The minimum atomic E-state index is -4.23. The Morgan fingerprint density at radius 1 is 1.26 bits per heavy atom. The second-order valence-electron chi connectivity index (χ2n) is 3.26. The van der Waals surface area contributed by atoms with Gasteiger partial charge in [0.2, 0.25) is 5.13 Å². The van der Waals surface area contributed by atoms with Crippen molar-refractivity contribution < 1.29 is 17.2 Å². The SMILES string of the molecule is Nc1nnc(S(=O)(=O)Nc2c(F)cc(Br)cc2F)s1. The molecule has 0 bridgehead atoms. The highest BCUT2D eigenvalue weighted by molar-refractivity contribution is 9.10. The van der Waals surface area contributed by atoms with Crippen molar-refractivity contribution in [1.82, 2.24) is 10.2 Å². The van der Waals surface area contributed by atoms with Crippen LogP contribution in [0.15, 0.2) is 20.9 Å². The Bertz CT molecular complexity index is 711. The molecule has 1 aromatic heterocycles. The number of sulfonamides is 1. The zero-order valence-electron chi connectivity index (χ0n) is 8.89. The zero-order chi connectivity index (χ0) is 14.2. The zero-order valence-corrected chi connectivity index (χ0v) is 12.1. The van der Waals surface area contributed by atoms with Gasteiger partial charge in [-0.2, -0.15) is 8.42 Å². The van der Waals surface area contributed by atoms with Gasteiger partial charge in [-0.15, -0.1) is 10.2 Å². The van der Waals surface area contributed by atoms with E-state index in [0.29, 0.717) is 11.3 Å². The maximum absolute atomic E-state index is 13.5. The lowest BCUT2D eigenvalue weighted by molar-refractivity contribution is 0.581. The predicted molar refractivity (Wildman–Crippen MR) is 69.2 cm³/mol. The van der Waals surface area contributed by atoms with Crippen LogP contribution >= 0.6 is 27.3 Å². The Morgan fingerprint density at radius 2 is 1.84 bits per heavy atom. The molecule has 0 unspecified atom stereocenters. The first-order chi connectivity index (χ1) is 8.79. The van der Waals surface area contributed by atoms with Crippen LogP contribution in [0.4, 0.5) is 19.6 Å². The molecule has 0 aliphatic rings. The number of nitrogens with one attached hydrogen (secondary N) is 1. The lowest BCUT2D eigenvalue weighted by Crippen LogP contribution is -2.15. The van der Waals surface area contributed by atoms with E-state index in [1.165, 1.54) is 0 Å². The molecular weight excluding hydrogens is 366 g/mol. The highest BCUT2D eigenvalue weighted by Gasteiger charge is 2.23. The van der Waals surface area contributed by atoms with Crippen molar-refractivity contribution in [2.75, 3.05) is 10.5 Å². The van der Waals surface area contributed by atoms with Crippen LogP contribution in [0.2, 0.25) is 0 Å². The predicted octanol–water partition coefficient (Wildman–Crippen LogP) is 1.96. The Balaban J connectivity index is 2.41. The number of nitrogen functional groups attached to an aromatic ring is 1. The van der Waals surface area contributed by atoms with E-state index in [1.807, 2.05) is 0 Å². The molecule has 6 nitrogen and oxygen atoms in total. The smallest absolute Gasteiger partial charge is 0.291 e. The molecule has 1 heterocycles. The fraction of sp³-hybridized carbons (Fsp3) is 0. The second kappa shape index (κ2) is 4.98. The Kier molecular flexibility index (Phi) is 3.69. The summed E-state index contributed by atoms with van der Waals surface area (Å²) >= 11 is 3.46. The van der Waals surface area contributed by atoms with Gasteiger partial charge in [0.25, 0.3) is 14.4 Å². The van der Waals surface area contributed by atoms with E-state index >= 15 is 0 Å². The monoisotopic (exact) mass is 370 g/mol. The normalized spacial score (nSPS) is 11.5. The van der Waals surface area contributed by atoms with Crippen molar-refractivity contribution in [3.05, 3.63) is 28.2 Å². The maximum atomic E-state index is 13.5. The molecule has 2 rings (SSSR count). The van der Waals surface area contributed by atoms with Gasteiger partial charge in [0.1, 0.15) is 5.69 Å². The summed E-state index contributed by atoms with van der Waals surface area (Å²) in [6, 6.07) is 1.85.